The molecule has 3 heterocycles. The highest BCUT2D eigenvalue weighted by atomic mass is 15.3. The predicted octanol–water partition coefficient (Wildman–Crippen LogP) is 2.28. The van der Waals surface area contributed by atoms with Crippen molar-refractivity contribution in [1.29, 1.82) is 0 Å². The first kappa shape index (κ1) is 15.9. The first-order valence-electron chi connectivity index (χ1n) is 8.97. The maximum Gasteiger partial charge on any atom is 0.179 e. The normalized spacial score (nSPS) is 19.6. The van der Waals surface area contributed by atoms with Gasteiger partial charge < -0.3 is 11.1 Å². The second kappa shape index (κ2) is 6.14. The van der Waals surface area contributed by atoms with Crippen LogP contribution >= 0.6 is 0 Å². The van der Waals surface area contributed by atoms with Crippen molar-refractivity contribution in [2.45, 2.75) is 11.8 Å². The lowest BCUT2D eigenvalue weighted by Gasteiger charge is -2.31. The standard InChI is InChI=1S/C20H19N7/c21-15-8-4-7-14(13-5-2-1-3-6-13)17(15)20(9-10-22-12-20)19-23-11-16-18(24-19)26-27-25-16/h1-8,11,22H,9-10,12,21H2,(H,23,24,25,26,27). The Balaban J connectivity index is 1.77. The third kappa shape index (κ3) is 2.47. The van der Waals surface area contributed by atoms with E-state index in [1.807, 2.05) is 30.3 Å². The summed E-state index contributed by atoms with van der Waals surface area (Å²) in [6.45, 7) is 1.61. The van der Waals surface area contributed by atoms with Crippen LogP contribution in [0.3, 0.4) is 0 Å². The number of anilines is 1. The van der Waals surface area contributed by atoms with E-state index >= 15 is 0 Å². The Labute approximate surface area is 156 Å². The average Bonchev–Trinajstić information content (AvgIpc) is 3.38. The van der Waals surface area contributed by atoms with Gasteiger partial charge in [0.15, 0.2) is 5.65 Å². The van der Waals surface area contributed by atoms with Crippen LogP contribution in [0.4, 0.5) is 5.69 Å². The fourth-order valence-corrected chi connectivity index (χ4v) is 4.06. The van der Waals surface area contributed by atoms with Gasteiger partial charge in [0.05, 0.1) is 11.6 Å². The number of hydrogen-bond acceptors (Lipinski definition) is 6. The molecule has 4 N–H and O–H groups in total. The van der Waals surface area contributed by atoms with Crippen LogP contribution in [0.5, 0.6) is 0 Å². The summed E-state index contributed by atoms with van der Waals surface area (Å²) in [5.41, 5.74) is 11.5. The van der Waals surface area contributed by atoms with Crippen LogP contribution in [-0.2, 0) is 5.41 Å². The predicted molar refractivity (Wildman–Crippen MR) is 104 cm³/mol. The third-order valence-corrected chi connectivity index (χ3v) is 5.33. The first-order chi connectivity index (χ1) is 13.3. The summed E-state index contributed by atoms with van der Waals surface area (Å²) in [5, 5.41) is 14.2. The molecule has 5 rings (SSSR count). The zero-order valence-corrected chi connectivity index (χ0v) is 14.7. The van der Waals surface area contributed by atoms with Crippen LogP contribution in [0.1, 0.15) is 17.8 Å². The number of benzene rings is 2. The Morgan fingerprint density at radius 2 is 1.93 bits per heavy atom. The van der Waals surface area contributed by atoms with Crippen molar-refractivity contribution in [3.8, 4) is 11.1 Å². The topological polar surface area (TPSA) is 105 Å². The van der Waals surface area contributed by atoms with Gasteiger partial charge in [0.2, 0.25) is 0 Å². The molecule has 2 aromatic heterocycles. The minimum atomic E-state index is -0.407. The van der Waals surface area contributed by atoms with Crippen LogP contribution in [0.2, 0.25) is 0 Å². The summed E-state index contributed by atoms with van der Waals surface area (Å²) < 4.78 is 0. The number of nitrogens with two attached hydrogens (primary N) is 1. The molecule has 2 aromatic carbocycles. The summed E-state index contributed by atoms with van der Waals surface area (Å²) in [4.78, 5) is 9.41. The number of aromatic nitrogens is 5. The van der Waals surface area contributed by atoms with Crippen LogP contribution in [0.15, 0.2) is 54.7 Å². The molecular weight excluding hydrogens is 338 g/mol. The molecule has 7 nitrogen and oxygen atoms in total. The van der Waals surface area contributed by atoms with Crippen molar-refractivity contribution in [3.05, 3.63) is 66.1 Å². The third-order valence-electron chi connectivity index (χ3n) is 5.33. The number of fused-ring (bicyclic) bond motifs is 1. The molecule has 4 aromatic rings. The van der Waals surface area contributed by atoms with Crippen LogP contribution in [-0.4, -0.2) is 38.5 Å². The van der Waals surface area contributed by atoms with Gasteiger partial charge in [-0.1, -0.05) is 47.7 Å². The highest BCUT2D eigenvalue weighted by Gasteiger charge is 2.43. The summed E-state index contributed by atoms with van der Waals surface area (Å²) in [5.74, 6) is 0.737. The van der Waals surface area contributed by atoms with E-state index in [9.17, 15) is 0 Å². The van der Waals surface area contributed by atoms with Gasteiger partial charge in [0, 0.05) is 12.2 Å². The Hall–Kier alpha value is -3.32. The summed E-state index contributed by atoms with van der Waals surface area (Å²) in [6, 6.07) is 16.4. The Morgan fingerprint density at radius 3 is 2.74 bits per heavy atom. The SMILES string of the molecule is Nc1cccc(-c2ccccc2)c1C1(c2ncc3nn[nH]c3n2)CCNC1. The molecule has 1 atom stereocenters. The minimum absolute atomic E-state index is 0.407. The van der Waals surface area contributed by atoms with E-state index in [-0.39, 0.29) is 0 Å². The maximum atomic E-state index is 6.54. The minimum Gasteiger partial charge on any atom is -0.398 e. The highest BCUT2D eigenvalue weighted by molar-refractivity contribution is 5.77. The molecule has 7 heteroatoms. The van der Waals surface area contributed by atoms with Crippen molar-refractivity contribution in [2.75, 3.05) is 18.8 Å². The van der Waals surface area contributed by atoms with Crippen LogP contribution < -0.4 is 11.1 Å². The zero-order valence-electron chi connectivity index (χ0n) is 14.7. The molecule has 27 heavy (non-hydrogen) atoms. The summed E-state index contributed by atoms with van der Waals surface area (Å²) in [7, 11) is 0. The first-order valence-corrected chi connectivity index (χ1v) is 8.97. The van der Waals surface area contributed by atoms with Crippen LogP contribution in [0.25, 0.3) is 22.3 Å². The number of hydrogen-bond donors (Lipinski definition) is 3. The van der Waals surface area contributed by atoms with E-state index in [4.69, 9.17) is 10.7 Å². The molecule has 0 bridgehead atoms. The number of aromatic amines is 1. The molecule has 1 aliphatic heterocycles. The van der Waals surface area contributed by atoms with Gasteiger partial charge in [-0.15, -0.1) is 5.10 Å². The van der Waals surface area contributed by atoms with E-state index in [2.05, 4.69) is 43.9 Å². The number of H-pyrrole nitrogens is 1. The van der Waals surface area contributed by atoms with E-state index in [1.165, 1.54) is 0 Å². The quantitative estimate of drug-likeness (QED) is 0.486. The number of nitrogen functional groups attached to an aromatic ring is 1. The number of nitrogens with one attached hydrogen (secondary N) is 2. The lowest BCUT2D eigenvalue weighted by atomic mass is 9.74. The largest absolute Gasteiger partial charge is 0.398 e. The molecule has 1 saturated heterocycles. The van der Waals surface area contributed by atoms with E-state index < -0.39 is 5.41 Å². The molecule has 0 spiro atoms. The molecule has 1 aliphatic rings. The monoisotopic (exact) mass is 357 g/mol. The molecular formula is C20H19N7. The number of nitrogens with zero attached hydrogens (tertiary/aromatic N) is 4. The van der Waals surface area contributed by atoms with E-state index in [0.29, 0.717) is 11.2 Å². The molecule has 0 saturated carbocycles. The van der Waals surface area contributed by atoms with Gasteiger partial charge in [0.1, 0.15) is 11.3 Å². The van der Waals surface area contributed by atoms with Crippen molar-refractivity contribution >= 4 is 16.9 Å². The molecule has 1 fully saturated rings. The fraction of sp³-hybridized carbons (Fsp3) is 0.200. The number of rotatable bonds is 3. The Bertz CT molecular complexity index is 1100. The second-order valence-electron chi connectivity index (χ2n) is 6.88. The fourth-order valence-electron chi connectivity index (χ4n) is 4.06. The summed E-state index contributed by atoms with van der Waals surface area (Å²) >= 11 is 0. The smallest absolute Gasteiger partial charge is 0.179 e. The van der Waals surface area contributed by atoms with Crippen molar-refractivity contribution in [3.63, 3.8) is 0 Å². The Morgan fingerprint density at radius 1 is 1.04 bits per heavy atom. The van der Waals surface area contributed by atoms with Crippen molar-refractivity contribution in [2.24, 2.45) is 0 Å². The van der Waals surface area contributed by atoms with Gasteiger partial charge in [-0.3, -0.25) is 0 Å². The molecule has 1 unspecified atom stereocenters. The van der Waals surface area contributed by atoms with Crippen molar-refractivity contribution in [1.82, 2.24) is 30.7 Å². The summed E-state index contributed by atoms with van der Waals surface area (Å²) in [6.07, 6.45) is 2.59. The maximum absolute atomic E-state index is 6.54. The van der Waals surface area contributed by atoms with Gasteiger partial charge in [-0.05, 0) is 35.7 Å². The van der Waals surface area contributed by atoms with Gasteiger partial charge >= 0.3 is 0 Å². The molecule has 0 radical (unpaired) electrons. The second-order valence-corrected chi connectivity index (χ2v) is 6.88. The van der Waals surface area contributed by atoms with Gasteiger partial charge in [-0.25, -0.2) is 15.1 Å². The van der Waals surface area contributed by atoms with Gasteiger partial charge in [-0.2, -0.15) is 0 Å². The van der Waals surface area contributed by atoms with Crippen molar-refractivity contribution < 1.29 is 0 Å². The Kier molecular flexibility index (Phi) is 3.61. The average molecular weight is 357 g/mol. The molecule has 0 amide bonds. The lowest BCUT2D eigenvalue weighted by Crippen LogP contribution is -2.34. The highest BCUT2D eigenvalue weighted by Crippen LogP contribution is 2.44. The molecule has 134 valence electrons. The zero-order chi connectivity index (χ0) is 18.3. The molecule has 0 aliphatic carbocycles. The lowest BCUT2D eigenvalue weighted by molar-refractivity contribution is 0.536. The van der Waals surface area contributed by atoms with Crippen LogP contribution in [0, 0.1) is 0 Å². The van der Waals surface area contributed by atoms with Gasteiger partial charge in [0.25, 0.3) is 0 Å². The van der Waals surface area contributed by atoms with E-state index in [0.717, 1.165) is 47.7 Å². The van der Waals surface area contributed by atoms with E-state index in [1.54, 1.807) is 6.20 Å².